The molecule has 1 amide bonds. The molecule has 140 valence electrons. The normalized spacial score (nSPS) is 11.0. The smallest absolute Gasteiger partial charge is 0.224 e. The molecule has 1 heterocycles. The van der Waals surface area contributed by atoms with Crippen molar-refractivity contribution in [2.24, 2.45) is 0 Å². The SMILES string of the molecule is COc1cccc(-c2[nH]c3ccc(Br)cc3c(=O)c2CC(=O)NC(C)C)c1. The molecule has 0 aliphatic rings. The van der Waals surface area contributed by atoms with E-state index in [9.17, 15) is 9.59 Å². The van der Waals surface area contributed by atoms with Crippen LogP contribution in [0.15, 0.2) is 51.7 Å². The molecule has 1 aromatic heterocycles. The van der Waals surface area contributed by atoms with Gasteiger partial charge in [0, 0.05) is 32.5 Å². The maximum atomic E-state index is 13.2. The minimum Gasteiger partial charge on any atom is -0.497 e. The number of carbonyl (C=O) groups is 1. The minimum atomic E-state index is -0.186. The molecule has 3 rings (SSSR count). The summed E-state index contributed by atoms with van der Waals surface area (Å²) in [6.45, 7) is 3.78. The third-order valence-corrected chi connectivity index (χ3v) is 4.70. The summed E-state index contributed by atoms with van der Waals surface area (Å²) in [6, 6.07) is 12.9. The number of nitrogens with one attached hydrogen (secondary N) is 2. The number of hydrogen-bond acceptors (Lipinski definition) is 3. The van der Waals surface area contributed by atoms with Crippen LogP contribution in [0.1, 0.15) is 19.4 Å². The summed E-state index contributed by atoms with van der Waals surface area (Å²) in [5.41, 5.74) is 2.43. The standard InChI is InChI=1S/C21H21BrN2O3/c1-12(2)23-19(25)11-17-20(13-5-4-6-15(9-13)27-3)24-18-8-7-14(22)10-16(18)21(17)26/h4-10,12H,11H2,1-3H3,(H,23,25)(H,24,26). The number of fused-ring (bicyclic) bond motifs is 1. The van der Waals surface area contributed by atoms with Gasteiger partial charge in [0.25, 0.3) is 0 Å². The molecule has 2 aromatic carbocycles. The maximum absolute atomic E-state index is 13.2. The molecule has 5 nitrogen and oxygen atoms in total. The lowest BCUT2D eigenvalue weighted by Gasteiger charge is -2.14. The van der Waals surface area contributed by atoms with Gasteiger partial charge in [0.15, 0.2) is 5.43 Å². The molecule has 0 spiro atoms. The van der Waals surface area contributed by atoms with Gasteiger partial charge in [-0.3, -0.25) is 9.59 Å². The number of methoxy groups -OCH3 is 1. The number of ether oxygens (including phenoxy) is 1. The number of amides is 1. The van der Waals surface area contributed by atoms with Crippen molar-refractivity contribution >= 4 is 32.7 Å². The first-order valence-corrected chi connectivity index (χ1v) is 9.46. The van der Waals surface area contributed by atoms with Crippen molar-refractivity contribution in [2.75, 3.05) is 7.11 Å². The fourth-order valence-electron chi connectivity index (χ4n) is 3.03. The van der Waals surface area contributed by atoms with Crippen molar-refractivity contribution in [3.05, 3.63) is 62.7 Å². The molecule has 0 unspecified atom stereocenters. The second kappa shape index (κ2) is 7.96. The molecule has 27 heavy (non-hydrogen) atoms. The van der Waals surface area contributed by atoms with Crippen molar-refractivity contribution in [3.8, 4) is 17.0 Å². The van der Waals surface area contributed by atoms with E-state index in [4.69, 9.17) is 4.74 Å². The van der Waals surface area contributed by atoms with E-state index in [1.807, 2.05) is 50.2 Å². The van der Waals surface area contributed by atoms with Crippen LogP contribution in [-0.4, -0.2) is 24.0 Å². The van der Waals surface area contributed by atoms with Crippen LogP contribution >= 0.6 is 15.9 Å². The Morgan fingerprint density at radius 2 is 2.00 bits per heavy atom. The number of H-pyrrole nitrogens is 1. The third-order valence-electron chi connectivity index (χ3n) is 4.21. The molecule has 0 aliphatic heterocycles. The summed E-state index contributed by atoms with van der Waals surface area (Å²) < 4.78 is 6.12. The Morgan fingerprint density at radius 1 is 1.22 bits per heavy atom. The van der Waals surface area contributed by atoms with Crippen molar-refractivity contribution in [1.29, 1.82) is 0 Å². The van der Waals surface area contributed by atoms with Gasteiger partial charge in [-0.25, -0.2) is 0 Å². The zero-order valence-electron chi connectivity index (χ0n) is 15.4. The molecule has 3 aromatic rings. The molecule has 0 atom stereocenters. The lowest BCUT2D eigenvalue weighted by Crippen LogP contribution is -2.33. The Hall–Kier alpha value is -2.60. The first-order chi connectivity index (χ1) is 12.9. The van der Waals surface area contributed by atoms with Crippen molar-refractivity contribution in [3.63, 3.8) is 0 Å². The quantitative estimate of drug-likeness (QED) is 0.644. The Morgan fingerprint density at radius 3 is 2.70 bits per heavy atom. The number of rotatable bonds is 5. The van der Waals surface area contributed by atoms with Gasteiger partial charge < -0.3 is 15.0 Å². The Labute approximate surface area is 165 Å². The highest BCUT2D eigenvalue weighted by Crippen LogP contribution is 2.27. The van der Waals surface area contributed by atoms with E-state index in [1.165, 1.54) is 0 Å². The average Bonchev–Trinajstić information content (AvgIpc) is 2.63. The highest BCUT2D eigenvalue weighted by molar-refractivity contribution is 9.10. The maximum Gasteiger partial charge on any atom is 0.224 e. The van der Waals surface area contributed by atoms with Gasteiger partial charge in [0.05, 0.1) is 19.2 Å². The van der Waals surface area contributed by atoms with E-state index < -0.39 is 0 Å². The fraction of sp³-hybridized carbons (Fsp3) is 0.238. The number of aromatic nitrogens is 1. The fourth-order valence-corrected chi connectivity index (χ4v) is 3.39. The van der Waals surface area contributed by atoms with Crippen LogP contribution in [0.2, 0.25) is 0 Å². The van der Waals surface area contributed by atoms with E-state index in [0.717, 1.165) is 10.0 Å². The molecule has 0 saturated carbocycles. The predicted octanol–water partition coefficient (Wildman–Crippen LogP) is 4.03. The lowest BCUT2D eigenvalue weighted by molar-refractivity contribution is -0.120. The number of pyridine rings is 1. The van der Waals surface area contributed by atoms with Crippen LogP contribution in [0, 0.1) is 0 Å². The Kier molecular flexibility index (Phi) is 5.65. The van der Waals surface area contributed by atoms with Gasteiger partial charge in [-0.05, 0) is 44.2 Å². The molecule has 0 radical (unpaired) electrons. The summed E-state index contributed by atoms with van der Waals surface area (Å²) in [4.78, 5) is 28.9. The third kappa shape index (κ3) is 4.22. The first-order valence-electron chi connectivity index (χ1n) is 8.67. The molecule has 0 bridgehead atoms. The molecular formula is C21H21BrN2O3. The molecule has 0 saturated heterocycles. The zero-order valence-corrected chi connectivity index (χ0v) is 17.0. The van der Waals surface area contributed by atoms with E-state index in [2.05, 4.69) is 26.2 Å². The zero-order chi connectivity index (χ0) is 19.6. The largest absolute Gasteiger partial charge is 0.497 e. The van der Waals surface area contributed by atoms with Crippen LogP contribution in [0.4, 0.5) is 0 Å². The number of aromatic amines is 1. The Bertz CT molecular complexity index is 1060. The van der Waals surface area contributed by atoms with Crippen LogP contribution in [0.25, 0.3) is 22.2 Å². The lowest BCUT2D eigenvalue weighted by atomic mass is 9.99. The number of carbonyl (C=O) groups excluding carboxylic acids is 1. The summed E-state index contributed by atoms with van der Waals surface area (Å²) in [6.07, 6.45) is 0.00249. The molecule has 6 heteroatoms. The van der Waals surface area contributed by atoms with E-state index in [0.29, 0.717) is 27.9 Å². The van der Waals surface area contributed by atoms with E-state index >= 15 is 0 Å². The number of benzene rings is 2. The highest BCUT2D eigenvalue weighted by atomic mass is 79.9. The predicted molar refractivity (Wildman–Crippen MR) is 111 cm³/mol. The van der Waals surface area contributed by atoms with Gasteiger partial charge in [0.1, 0.15) is 5.75 Å². The van der Waals surface area contributed by atoms with Gasteiger partial charge >= 0.3 is 0 Å². The topological polar surface area (TPSA) is 71.2 Å². The average molecular weight is 429 g/mol. The first kappa shape index (κ1) is 19.2. The molecule has 0 aliphatic carbocycles. The summed E-state index contributed by atoms with van der Waals surface area (Å²) in [7, 11) is 1.59. The van der Waals surface area contributed by atoms with Crippen LogP contribution < -0.4 is 15.5 Å². The summed E-state index contributed by atoms with van der Waals surface area (Å²) >= 11 is 3.41. The molecule has 2 N–H and O–H groups in total. The van der Waals surface area contributed by atoms with E-state index in [1.54, 1.807) is 13.2 Å². The van der Waals surface area contributed by atoms with Gasteiger partial charge in [-0.15, -0.1) is 0 Å². The number of hydrogen-bond donors (Lipinski definition) is 2. The van der Waals surface area contributed by atoms with Crippen LogP contribution in [0.3, 0.4) is 0 Å². The molecule has 0 fully saturated rings. The van der Waals surface area contributed by atoms with Crippen molar-refractivity contribution in [1.82, 2.24) is 10.3 Å². The van der Waals surface area contributed by atoms with Crippen molar-refractivity contribution < 1.29 is 9.53 Å². The minimum absolute atomic E-state index is 0.00249. The Balaban J connectivity index is 2.23. The van der Waals surface area contributed by atoms with Gasteiger partial charge in [0.2, 0.25) is 5.91 Å². The summed E-state index contributed by atoms with van der Waals surface area (Å²) in [5.74, 6) is 0.496. The van der Waals surface area contributed by atoms with E-state index in [-0.39, 0.29) is 23.8 Å². The second-order valence-corrected chi connectivity index (χ2v) is 7.54. The monoisotopic (exact) mass is 428 g/mol. The second-order valence-electron chi connectivity index (χ2n) is 6.63. The highest BCUT2D eigenvalue weighted by Gasteiger charge is 2.18. The van der Waals surface area contributed by atoms with Crippen molar-refractivity contribution in [2.45, 2.75) is 26.3 Å². The molecular weight excluding hydrogens is 408 g/mol. The van der Waals surface area contributed by atoms with Crippen LogP contribution in [0.5, 0.6) is 5.75 Å². The van der Waals surface area contributed by atoms with Gasteiger partial charge in [-0.1, -0.05) is 28.1 Å². The number of halogens is 1. The van der Waals surface area contributed by atoms with Gasteiger partial charge in [-0.2, -0.15) is 0 Å². The van der Waals surface area contributed by atoms with Crippen LogP contribution in [-0.2, 0) is 11.2 Å². The summed E-state index contributed by atoms with van der Waals surface area (Å²) in [5, 5.41) is 3.40.